The minimum Gasteiger partial charge on any atom is -0.309 e. The molecule has 0 fully saturated rings. The third kappa shape index (κ3) is 2.98. The van der Waals surface area contributed by atoms with Crippen LogP contribution >= 0.6 is 0 Å². The van der Waals surface area contributed by atoms with Crippen LogP contribution < -0.4 is 5.56 Å². The summed E-state index contributed by atoms with van der Waals surface area (Å²) in [4.78, 5) is 16.8. The summed E-state index contributed by atoms with van der Waals surface area (Å²) in [5.41, 5.74) is 1.99. The summed E-state index contributed by atoms with van der Waals surface area (Å²) < 4.78 is 17.6. The second-order valence-electron chi connectivity index (χ2n) is 6.17. The quantitative estimate of drug-likeness (QED) is 0.564. The summed E-state index contributed by atoms with van der Waals surface area (Å²) in [7, 11) is 1.79. The van der Waals surface area contributed by atoms with Crippen molar-refractivity contribution in [3.8, 4) is 17.3 Å². The van der Waals surface area contributed by atoms with Crippen LogP contribution in [0.25, 0.3) is 22.2 Å². The van der Waals surface area contributed by atoms with E-state index in [1.54, 1.807) is 48.3 Å². The van der Waals surface area contributed by atoms with Gasteiger partial charge in [-0.05, 0) is 24.3 Å². The molecule has 0 unspecified atom stereocenters. The highest BCUT2D eigenvalue weighted by Crippen LogP contribution is 2.21. The Balaban J connectivity index is 1.75. The number of aryl methyl sites for hydroxylation is 1. The number of aromatic nitrogens is 4. The highest BCUT2D eigenvalue weighted by Gasteiger charge is 2.12. The van der Waals surface area contributed by atoms with E-state index in [0.717, 1.165) is 0 Å². The lowest BCUT2D eigenvalue weighted by atomic mass is 10.1. The molecule has 0 aliphatic rings. The highest BCUT2D eigenvalue weighted by atomic mass is 19.1. The van der Waals surface area contributed by atoms with Gasteiger partial charge in [-0.3, -0.25) is 14.5 Å². The van der Waals surface area contributed by atoms with E-state index in [0.29, 0.717) is 27.7 Å². The van der Waals surface area contributed by atoms with Gasteiger partial charge in [0.15, 0.2) is 0 Å². The number of nitrogens with zero attached hydrogens (tertiary/aromatic N) is 5. The Kier molecular flexibility index (Phi) is 4.01. The monoisotopic (exact) mass is 359 g/mol. The smallest absolute Gasteiger partial charge is 0.260 e. The fourth-order valence-electron chi connectivity index (χ4n) is 3.01. The Labute approximate surface area is 153 Å². The van der Waals surface area contributed by atoms with Gasteiger partial charge in [-0.2, -0.15) is 10.4 Å². The zero-order valence-corrected chi connectivity index (χ0v) is 14.4. The zero-order chi connectivity index (χ0) is 19.0. The number of rotatable bonds is 3. The van der Waals surface area contributed by atoms with Crippen molar-refractivity contribution in [3.05, 3.63) is 82.3 Å². The third-order valence-electron chi connectivity index (χ3n) is 4.36. The molecule has 4 aromatic rings. The van der Waals surface area contributed by atoms with Gasteiger partial charge in [0.2, 0.25) is 0 Å². The van der Waals surface area contributed by atoms with Crippen LogP contribution in [0.1, 0.15) is 11.1 Å². The third-order valence-corrected chi connectivity index (χ3v) is 4.36. The first-order valence-electron chi connectivity index (χ1n) is 8.23. The summed E-state index contributed by atoms with van der Waals surface area (Å²) >= 11 is 0. The predicted molar refractivity (Wildman–Crippen MR) is 98.4 cm³/mol. The molecule has 27 heavy (non-hydrogen) atoms. The summed E-state index contributed by atoms with van der Waals surface area (Å²) in [6.07, 6.45) is 4.74. The van der Waals surface area contributed by atoms with Gasteiger partial charge in [0.1, 0.15) is 11.9 Å². The Morgan fingerprint density at radius 1 is 1.26 bits per heavy atom. The lowest BCUT2D eigenvalue weighted by Gasteiger charge is -2.10. The number of hydrogen-bond donors (Lipinski definition) is 0. The van der Waals surface area contributed by atoms with E-state index in [-0.39, 0.29) is 17.7 Å². The molecule has 6 nitrogen and oxygen atoms in total. The van der Waals surface area contributed by atoms with Crippen LogP contribution in [-0.2, 0) is 13.6 Å². The van der Waals surface area contributed by atoms with Crippen LogP contribution in [0.4, 0.5) is 4.39 Å². The van der Waals surface area contributed by atoms with E-state index in [1.165, 1.54) is 23.0 Å². The van der Waals surface area contributed by atoms with E-state index in [2.05, 4.69) is 10.1 Å². The molecule has 0 atom stereocenters. The van der Waals surface area contributed by atoms with E-state index in [9.17, 15) is 14.4 Å². The van der Waals surface area contributed by atoms with Crippen molar-refractivity contribution in [2.45, 2.75) is 6.54 Å². The molecule has 0 saturated heterocycles. The maximum Gasteiger partial charge on any atom is 0.260 e. The van der Waals surface area contributed by atoms with Gasteiger partial charge >= 0.3 is 0 Å². The minimum absolute atomic E-state index is 0.0205. The zero-order valence-electron chi connectivity index (χ0n) is 14.4. The molecule has 0 aliphatic carbocycles. The molecule has 0 saturated carbocycles. The Hall–Kier alpha value is -3.79. The summed E-state index contributed by atoms with van der Waals surface area (Å²) in [5, 5.41) is 13.9. The van der Waals surface area contributed by atoms with Crippen molar-refractivity contribution in [3.63, 3.8) is 0 Å². The molecule has 3 aromatic heterocycles. The molecular formula is C20H14FN5O. The molecular weight excluding hydrogens is 345 g/mol. The maximum atomic E-state index is 14.6. The second kappa shape index (κ2) is 6.50. The van der Waals surface area contributed by atoms with Crippen molar-refractivity contribution >= 4 is 10.9 Å². The second-order valence-corrected chi connectivity index (χ2v) is 6.17. The molecule has 7 heteroatoms. The fourth-order valence-corrected chi connectivity index (χ4v) is 3.01. The first-order valence-corrected chi connectivity index (χ1v) is 8.23. The summed E-state index contributed by atoms with van der Waals surface area (Å²) in [6.45, 7) is 0.0205. The topological polar surface area (TPSA) is 76.5 Å². The average molecular weight is 359 g/mol. The van der Waals surface area contributed by atoms with Crippen molar-refractivity contribution < 1.29 is 4.39 Å². The van der Waals surface area contributed by atoms with Crippen LogP contribution in [0.15, 0.2) is 59.8 Å². The highest BCUT2D eigenvalue weighted by molar-refractivity contribution is 5.82. The molecule has 0 amide bonds. The molecule has 0 N–H and O–H groups in total. The van der Waals surface area contributed by atoms with Gasteiger partial charge in [-0.1, -0.05) is 12.1 Å². The minimum atomic E-state index is -0.435. The number of halogens is 1. The van der Waals surface area contributed by atoms with Gasteiger partial charge in [-0.15, -0.1) is 0 Å². The van der Waals surface area contributed by atoms with Crippen molar-refractivity contribution in [2.24, 2.45) is 7.05 Å². The van der Waals surface area contributed by atoms with E-state index in [4.69, 9.17) is 0 Å². The van der Waals surface area contributed by atoms with Crippen LogP contribution in [0, 0.1) is 17.1 Å². The van der Waals surface area contributed by atoms with E-state index >= 15 is 0 Å². The van der Waals surface area contributed by atoms with Crippen LogP contribution in [0.5, 0.6) is 0 Å². The van der Waals surface area contributed by atoms with Gasteiger partial charge in [0.25, 0.3) is 5.56 Å². The number of fused-ring (bicyclic) bond motifs is 1. The molecule has 3 heterocycles. The Morgan fingerprint density at radius 2 is 2.11 bits per heavy atom. The number of nitriles is 1. The van der Waals surface area contributed by atoms with Gasteiger partial charge < -0.3 is 4.57 Å². The lowest BCUT2D eigenvalue weighted by molar-refractivity contribution is 0.597. The summed E-state index contributed by atoms with van der Waals surface area (Å²) in [5.74, 6) is -0.435. The standard InChI is InChI=1S/C20H14FN5O/c1-25-8-6-18(24-25)13-4-5-14(17(21)9-13)11-26-12-15(10-22)19-16(20(26)27)3-2-7-23-19/h2-9,12H,11H2,1H3. The Bertz CT molecular complexity index is 1270. The van der Waals surface area contributed by atoms with Crippen LogP contribution in [0.2, 0.25) is 0 Å². The first-order chi connectivity index (χ1) is 13.1. The molecule has 0 radical (unpaired) electrons. The van der Waals surface area contributed by atoms with Crippen molar-refractivity contribution in [2.75, 3.05) is 0 Å². The molecule has 4 rings (SSSR count). The normalized spacial score (nSPS) is 10.9. The molecule has 0 aliphatic heterocycles. The van der Waals surface area contributed by atoms with Crippen LogP contribution in [0.3, 0.4) is 0 Å². The number of hydrogen-bond acceptors (Lipinski definition) is 4. The van der Waals surface area contributed by atoms with Gasteiger partial charge in [-0.25, -0.2) is 4.39 Å². The summed E-state index contributed by atoms with van der Waals surface area (Å²) in [6, 6.07) is 11.9. The lowest BCUT2D eigenvalue weighted by Crippen LogP contribution is -2.22. The van der Waals surface area contributed by atoms with Crippen molar-refractivity contribution in [1.82, 2.24) is 19.3 Å². The van der Waals surface area contributed by atoms with Gasteiger partial charge in [0, 0.05) is 36.8 Å². The molecule has 0 bridgehead atoms. The van der Waals surface area contributed by atoms with E-state index in [1.807, 2.05) is 6.07 Å². The average Bonchev–Trinajstić information content (AvgIpc) is 3.12. The SMILES string of the molecule is Cn1ccc(-c2ccc(Cn3cc(C#N)c4ncccc4c3=O)c(F)c2)n1. The maximum absolute atomic E-state index is 14.6. The molecule has 1 aromatic carbocycles. The Morgan fingerprint density at radius 3 is 2.81 bits per heavy atom. The number of pyridine rings is 2. The predicted octanol–water partition coefficient (Wildman–Crippen LogP) is 2.86. The molecule has 132 valence electrons. The van der Waals surface area contributed by atoms with E-state index < -0.39 is 5.82 Å². The number of benzene rings is 1. The molecule has 0 spiro atoms. The first kappa shape index (κ1) is 16.7. The van der Waals surface area contributed by atoms with Gasteiger partial charge in [0.05, 0.1) is 28.7 Å². The van der Waals surface area contributed by atoms with Crippen molar-refractivity contribution in [1.29, 1.82) is 5.26 Å². The van der Waals surface area contributed by atoms with Crippen LogP contribution in [-0.4, -0.2) is 19.3 Å². The largest absolute Gasteiger partial charge is 0.309 e. The fraction of sp³-hybridized carbons (Fsp3) is 0.100.